The Morgan fingerprint density at radius 3 is 1.88 bits per heavy atom. The van der Waals surface area contributed by atoms with Gasteiger partial charge in [0.2, 0.25) is 0 Å². The summed E-state index contributed by atoms with van der Waals surface area (Å²) in [5.74, 6) is 0. The fourth-order valence-corrected chi connectivity index (χ4v) is 0.892. The Hall–Kier alpha value is -1.45. The minimum absolute atomic E-state index is 1.75. The first-order valence-electron chi connectivity index (χ1n) is 3.97. The third kappa shape index (κ3) is 10.8. The van der Waals surface area contributed by atoms with Gasteiger partial charge >= 0.3 is 16.8 Å². The van der Waals surface area contributed by atoms with Crippen molar-refractivity contribution in [2.24, 2.45) is 0 Å². The SMILES string of the molecule is C=C[n+]1ccccc1.O=S(=O)(O)OC(F)(F)F. The molecule has 0 aliphatic rings. The van der Waals surface area contributed by atoms with Crippen LogP contribution in [0.2, 0.25) is 0 Å². The van der Waals surface area contributed by atoms with Gasteiger partial charge in [-0.3, -0.25) is 4.55 Å². The van der Waals surface area contributed by atoms with Gasteiger partial charge in [-0.1, -0.05) is 6.07 Å². The molecule has 96 valence electrons. The summed E-state index contributed by atoms with van der Waals surface area (Å²) in [6.45, 7) is 3.59. The Morgan fingerprint density at radius 1 is 1.24 bits per heavy atom. The normalized spacial score (nSPS) is 11.3. The first kappa shape index (κ1) is 15.5. The van der Waals surface area contributed by atoms with Gasteiger partial charge in [0, 0.05) is 12.1 Å². The lowest BCUT2D eigenvalue weighted by Crippen LogP contribution is -2.22. The first-order chi connectivity index (χ1) is 7.64. The molecule has 5 nitrogen and oxygen atoms in total. The maximum Gasteiger partial charge on any atom is 0.538 e. The van der Waals surface area contributed by atoms with Crippen LogP contribution in [0.3, 0.4) is 0 Å². The number of aromatic nitrogens is 1. The van der Waals surface area contributed by atoms with E-state index in [1.807, 2.05) is 35.2 Å². The molecule has 0 radical (unpaired) electrons. The lowest BCUT2D eigenvalue weighted by molar-refractivity contribution is -0.567. The van der Waals surface area contributed by atoms with Crippen molar-refractivity contribution in [1.29, 1.82) is 0 Å². The molecule has 0 unspecified atom stereocenters. The van der Waals surface area contributed by atoms with Crippen LogP contribution in [0.1, 0.15) is 0 Å². The second kappa shape index (κ2) is 6.33. The summed E-state index contributed by atoms with van der Waals surface area (Å²) in [6, 6.07) is 5.89. The van der Waals surface area contributed by atoms with Crippen molar-refractivity contribution < 1.29 is 34.9 Å². The van der Waals surface area contributed by atoms with E-state index in [1.54, 1.807) is 6.20 Å². The molecule has 1 aromatic heterocycles. The molecule has 0 fully saturated rings. The highest BCUT2D eigenvalue weighted by atomic mass is 32.3. The van der Waals surface area contributed by atoms with Gasteiger partial charge in [0.05, 0.1) is 0 Å². The monoisotopic (exact) mass is 272 g/mol. The highest BCUT2D eigenvalue weighted by Gasteiger charge is 2.35. The van der Waals surface area contributed by atoms with Crippen molar-refractivity contribution >= 4 is 16.6 Å². The zero-order valence-electron chi connectivity index (χ0n) is 8.33. The van der Waals surface area contributed by atoms with Gasteiger partial charge in [0.25, 0.3) is 0 Å². The number of rotatable bonds is 2. The Morgan fingerprint density at radius 2 is 1.71 bits per heavy atom. The van der Waals surface area contributed by atoms with Crippen LogP contribution in [-0.4, -0.2) is 19.3 Å². The van der Waals surface area contributed by atoms with Crippen molar-refractivity contribution in [3.05, 3.63) is 37.2 Å². The minimum atomic E-state index is -5.41. The van der Waals surface area contributed by atoms with E-state index in [2.05, 4.69) is 10.8 Å². The summed E-state index contributed by atoms with van der Waals surface area (Å²) in [4.78, 5) is 0. The zero-order chi connectivity index (χ0) is 13.5. The molecule has 1 rings (SSSR count). The predicted molar refractivity (Wildman–Crippen MR) is 51.7 cm³/mol. The molecule has 17 heavy (non-hydrogen) atoms. The quantitative estimate of drug-likeness (QED) is 0.652. The van der Waals surface area contributed by atoms with Crippen molar-refractivity contribution in [1.82, 2.24) is 0 Å². The van der Waals surface area contributed by atoms with Crippen LogP contribution in [0.5, 0.6) is 0 Å². The van der Waals surface area contributed by atoms with Gasteiger partial charge in [-0.05, 0) is 6.58 Å². The molecule has 0 aliphatic carbocycles. The number of hydrogen-bond donors (Lipinski definition) is 1. The predicted octanol–water partition coefficient (Wildman–Crippen LogP) is 1.40. The molecule has 9 heteroatoms. The van der Waals surface area contributed by atoms with E-state index in [0.29, 0.717) is 0 Å². The molecule has 0 aliphatic heterocycles. The van der Waals surface area contributed by atoms with Crippen LogP contribution in [0.25, 0.3) is 6.20 Å². The molecule has 0 amide bonds. The van der Waals surface area contributed by atoms with Crippen LogP contribution in [0.15, 0.2) is 37.2 Å². The smallest absolute Gasteiger partial charge is 0.263 e. The fraction of sp³-hybridized carbons (Fsp3) is 0.125. The van der Waals surface area contributed by atoms with Gasteiger partial charge in [-0.2, -0.15) is 13.0 Å². The summed E-state index contributed by atoms with van der Waals surface area (Å²) < 4.78 is 62.3. The summed E-state index contributed by atoms with van der Waals surface area (Å²) in [6.07, 6.45) is 0.271. The number of pyridine rings is 1. The molecule has 0 aromatic carbocycles. The van der Waals surface area contributed by atoms with Crippen LogP contribution < -0.4 is 4.57 Å². The number of halogens is 3. The van der Waals surface area contributed by atoms with Gasteiger partial charge in [0.1, 0.15) is 0 Å². The van der Waals surface area contributed by atoms with Crippen molar-refractivity contribution in [3.8, 4) is 0 Å². The molecule has 0 bridgehead atoms. The maximum atomic E-state index is 10.8. The molecule has 0 atom stereocenters. The van der Waals surface area contributed by atoms with Crippen molar-refractivity contribution in [3.63, 3.8) is 0 Å². The van der Waals surface area contributed by atoms with E-state index >= 15 is 0 Å². The van der Waals surface area contributed by atoms with Gasteiger partial charge < -0.3 is 0 Å². The van der Waals surface area contributed by atoms with Gasteiger partial charge in [-0.15, -0.1) is 17.4 Å². The fourth-order valence-electron chi connectivity index (χ4n) is 0.653. The molecule has 1 N–H and O–H groups in total. The highest BCUT2D eigenvalue weighted by molar-refractivity contribution is 7.80. The number of nitrogens with zero attached hydrogens (tertiary/aromatic N) is 1. The largest absolute Gasteiger partial charge is 0.538 e. The van der Waals surface area contributed by atoms with E-state index in [-0.39, 0.29) is 0 Å². The summed E-state index contributed by atoms with van der Waals surface area (Å²) in [7, 11) is -5.41. The highest BCUT2D eigenvalue weighted by Crippen LogP contribution is 2.18. The van der Waals surface area contributed by atoms with Crippen LogP contribution in [0, 0.1) is 0 Å². The standard InChI is InChI=1S/C7H8N.CHF3O4S/c1-2-8-6-4-3-5-7-8;2-1(3,4)8-9(5,6)7/h2-7H,1H2;(H,5,6,7)/q+1;. The third-order valence-electron chi connectivity index (χ3n) is 1.15. The second-order valence-corrected chi connectivity index (χ2v) is 3.48. The Balaban J connectivity index is 0.000000302. The second-order valence-electron chi connectivity index (χ2n) is 2.46. The van der Waals surface area contributed by atoms with Crippen molar-refractivity contribution in [2.45, 2.75) is 6.36 Å². The minimum Gasteiger partial charge on any atom is -0.263 e. The Kier molecular flexibility index (Phi) is 5.79. The lowest BCUT2D eigenvalue weighted by Gasteiger charge is -2.00. The van der Waals surface area contributed by atoms with Crippen molar-refractivity contribution in [2.75, 3.05) is 0 Å². The van der Waals surface area contributed by atoms with Gasteiger partial charge in [0.15, 0.2) is 18.6 Å². The molecule has 0 spiro atoms. The first-order valence-corrected chi connectivity index (χ1v) is 5.33. The molecule has 0 saturated carbocycles. The zero-order valence-corrected chi connectivity index (χ0v) is 9.15. The molecule has 1 heterocycles. The Bertz CT molecular complexity index is 444. The molecular weight excluding hydrogens is 263 g/mol. The van der Waals surface area contributed by atoms with E-state index in [1.165, 1.54) is 0 Å². The average molecular weight is 272 g/mol. The summed E-state index contributed by atoms with van der Waals surface area (Å²) >= 11 is 0. The van der Waals surface area contributed by atoms with E-state index in [9.17, 15) is 21.6 Å². The maximum absolute atomic E-state index is 10.8. The van der Waals surface area contributed by atoms with Crippen LogP contribution in [0.4, 0.5) is 13.2 Å². The van der Waals surface area contributed by atoms with E-state index in [0.717, 1.165) is 0 Å². The van der Waals surface area contributed by atoms with Gasteiger partial charge in [-0.25, -0.2) is 0 Å². The van der Waals surface area contributed by atoms with Crippen LogP contribution >= 0.6 is 0 Å². The summed E-state index contributed by atoms with van der Waals surface area (Å²) in [5, 5.41) is 0. The molecule has 1 aromatic rings. The lowest BCUT2D eigenvalue weighted by atomic mass is 10.5. The summed E-state index contributed by atoms with van der Waals surface area (Å²) in [5.41, 5.74) is 0. The molecular formula is C8H9F3NO4S+. The van der Waals surface area contributed by atoms with E-state index < -0.39 is 16.8 Å². The third-order valence-corrected chi connectivity index (χ3v) is 1.55. The van der Waals surface area contributed by atoms with E-state index in [4.69, 9.17) is 4.55 Å². The average Bonchev–Trinajstić information content (AvgIpc) is 2.14. The number of hydrogen-bond acceptors (Lipinski definition) is 3. The number of alkyl halides is 3. The van der Waals surface area contributed by atoms with Crippen LogP contribution in [-0.2, 0) is 14.6 Å². The Labute approximate surface area is 95.7 Å². The molecule has 0 saturated heterocycles. The topological polar surface area (TPSA) is 67.5 Å².